The van der Waals surface area contributed by atoms with Crippen LogP contribution in [0.1, 0.15) is 40.3 Å². The Hall–Kier alpha value is -3.67. The molecule has 33 heavy (non-hydrogen) atoms. The van der Waals surface area contributed by atoms with Crippen molar-refractivity contribution in [3.8, 4) is 5.75 Å². The molecule has 0 atom stereocenters. The van der Waals surface area contributed by atoms with E-state index in [4.69, 9.17) is 9.72 Å². The molecule has 4 rings (SSSR count). The Morgan fingerprint density at radius 1 is 1.03 bits per heavy atom. The minimum Gasteiger partial charge on any atom is -0.493 e. The molecule has 6 heteroatoms. The van der Waals surface area contributed by atoms with Gasteiger partial charge in [-0.25, -0.2) is 4.98 Å². The van der Waals surface area contributed by atoms with Crippen LogP contribution in [0.5, 0.6) is 5.75 Å². The van der Waals surface area contributed by atoms with Crippen molar-refractivity contribution < 1.29 is 9.53 Å². The SMILES string of the molecule is Cc1ccc(C)c(OCCCCn2c(CN(C)C(=O)c3ccccn3)nc3ccccc32)c1. The molecule has 0 N–H and O–H groups in total. The predicted molar refractivity (Wildman–Crippen MR) is 130 cm³/mol. The zero-order chi connectivity index (χ0) is 23.2. The number of ether oxygens (including phenoxy) is 1. The molecule has 0 aliphatic carbocycles. The molecule has 0 bridgehead atoms. The number of carbonyl (C=O) groups is 1. The molecule has 0 spiro atoms. The Bertz CT molecular complexity index is 1230. The topological polar surface area (TPSA) is 60.2 Å². The fourth-order valence-corrected chi connectivity index (χ4v) is 3.88. The maximum atomic E-state index is 12.8. The summed E-state index contributed by atoms with van der Waals surface area (Å²) in [6, 6.07) is 19.8. The van der Waals surface area contributed by atoms with Crippen molar-refractivity contribution in [1.82, 2.24) is 19.4 Å². The fourth-order valence-electron chi connectivity index (χ4n) is 3.88. The number of rotatable bonds is 9. The molecule has 0 saturated heterocycles. The van der Waals surface area contributed by atoms with Gasteiger partial charge in [0.15, 0.2) is 0 Å². The first kappa shape index (κ1) is 22.5. The minimum atomic E-state index is -0.115. The van der Waals surface area contributed by atoms with Gasteiger partial charge in [0.2, 0.25) is 0 Å². The van der Waals surface area contributed by atoms with Crippen molar-refractivity contribution in [3.63, 3.8) is 0 Å². The largest absolute Gasteiger partial charge is 0.493 e. The summed E-state index contributed by atoms with van der Waals surface area (Å²) >= 11 is 0. The highest BCUT2D eigenvalue weighted by Gasteiger charge is 2.17. The summed E-state index contributed by atoms with van der Waals surface area (Å²) in [7, 11) is 1.79. The zero-order valence-corrected chi connectivity index (χ0v) is 19.5. The molecule has 0 fully saturated rings. The van der Waals surface area contributed by atoms with Gasteiger partial charge in [0.05, 0.1) is 24.2 Å². The highest BCUT2D eigenvalue weighted by Crippen LogP contribution is 2.21. The summed E-state index contributed by atoms with van der Waals surface area (Å²) in [6.45, 7) is 6.06. The van der Waals surface area contributed by atoms with Gasteiger partial charge in [0.1, 0.15) is 17.3 Å². The van der Waals surface area contributed by atoms with Crippen molar-refractivity contribution >= 4 is 16.9 Å². The third-order valence-corrected chi connectivity index (χ3v) is 5.72. The Balaban J connectivity index is 1.42. The molecule has 6 nitrogen and oxygen atoms in total. The average Bonchev–Trinajstić information content (AvgIpc) is 3.18. The number of hydrogen-bond acceptors (Lipinski definition) is 4. The van der Waals surface area contributed by atoms with Gasteiger partial charge >= 0.3 is 0 Å². The van der Waals surface area contributed by atoms with Gasteiger partial charge in [-0.3, -0.25) is 9.78 Å². The van der Waals surface area contributed by atoms with Crippen LogP contribution in [-0.2, 0) is 13.1 Å². The number of para-hydroxylation sites is 2. The second-order valence-corrected chi connectivity index (χ2v) is 8.37. The third-order valence-electron chi connectivity index (χ3n) is 5.72. The van der Waals surface area contributed by atoms with Crippen molar-refractivity contribution in [2.24, 2.45) is 0 Å². The van der Waals surface area contributed by atoms with Crippen molar-refractivity contribution in [2.75, 3.05) is 13.7 Å². The monoisotopic (exact) mass is 442 g/mol. The molecule has 2 heterocycles. The van der Waals surface area contributed by atoms with Crippen molar-refractivity contribution in [2.45, 2.75) is 39.8 Å². The maximum absolute atomic E-state index is 12.8. The Morgan fingerprint density at radius 3 is 2.67 bits per heavy atom. The van der Waals surface area contributed by atoms with E-state index in [1.165, 1.54) is 5.56 Å². The molecule has 0 aliphatic rings. The molecule has 2 aromatic carbocycles. The first-order valence-corrected chi connectivity index (χ1v) is 11.3. The van der Waals surface area contributed by atoms with E-state index in [1.807, 2.05) is 24.3 Å². The van der Waals surface area contributed by atoms with Gasteiger partial charge in [-0.2, -0.15) is 0 Å². The number of fused-ring (bicyclic) bond motifs is 1. The van der Waals surface area contributed by atoms with E-state index in [0.29, 0.717) is 18.8 Å². The molecule has 1 amide bonds. The summed E-state index contributed by atoms with van der Waals surface area (Å²) in [5.41, 5.74) is 4.82. The highest BCUT2D eigenvalue weighted by atomic mass is 16.5. The van der Waals surface area contributed by atoms with Crippen molar-refractivity contribution in [1.29, 1.82) is 0 Å². The number of nitrogens with zero attached hydrogens (tertiary/aromatic N) is 4. The first-order chi connectivity index (χ1) is 16.0. The normalized spacial score (nSPS) is 11.0. The van der Waals surface area contributed by atoms with E-state index in [2.05, 4.69) is 47.7 Å². The molecule has 4 aromatic rings. The number of carbonyl (C=O) groups excluding carboxylic acids is 1. The van der Waals surface area contributed by atoms with Gasteiger partial charge in [0.25, 0.3) is 5.91 Å². The van der Waals surface area contributed by atoms with Crippen LogP contribution in [0, 0.1) is 13.8 Å². The molecule has 0 saturated carbocycles. The number of benzene rings is 2. The lowest BCUT2D eigenvalue weighted by Gasteiger charge is -2.18. The van der Waals surface area contributed by atoms with Crippen LogP contribution in [-0.4, -0.2) is 39.0 Å². The molecule has 170 valence electrons. The standard InChI is InChI=1S/C27H30N4O2/c1-20-13-14-21(2)25(18-20)33-17-9-8-16-31-24-12-5-4-10-22(24)29-26(31)19-30(3)27(32)23-11-6-7-15-28-23/h4-7,10-15,18H,8-9,16-17,19H2,1-3H3. The summed E-state index contributed by atoms with van der Waals surface area (Å²) in [6.07, 6.45) is 3.52. The molecule has 0 radical (unpaired) electrons. The number of pyridine rings is 1. The highest BCUT2D eigenvalue weighted by molar-refractivity contribution is 5.92. The average molecular weight is 443 g/mol. The lowest BCUT2D eigenvalue weighted by molar-refractivity contribution is 0.0774. The van der Waals surface area contributed by atoms with Crippen LogP contribution in [0.4, 0.5) is 0 Å². The number of aryl methyl sites for hydroxylation is 3. The van der Waals surface area contributed by atoms with Gasteiger partial charge in [-0.1, -0.05) is 30.3 Å². The molecular weight excluding hydrogens is 412 g/mol. The molecular formula is C27H30N4O2. The van der Waals surface area contributed by atoms with Crippen LogP contribution >= 0.6 is 0 Å². The molecule has 0 aliphatic heterocycles. The van der Waals surface area contributed by atoms with E-state index in [1.54, 1.807) is 30.3 Å². The minimum absolute atomic E-state index is 0.115. The fraction of sp³-hybridized carbons (Fsp3) is 0.296. The number of imidazole rings is 1. The molecule has 2 aromatic heterocycles. The number of aromatic nitrogens is 3. The lowest BCUT2D eigenvalue weighted by Crippen LogP contribution is -2.28. The zero-order valence-electron chi connectivity index (χ0n) is 19.5. The Kier molecular flexibility index (Phi) is 7.03. The number of hydrogen-bond donors (Lipinski definition) is 0. The van der Waals surface area contributed by atoms with Gasteiger partial charge < -0.3 is 14.2 Å². The van der Waals surface area contributed by atoms with E-state index < -0.39 is 0 Å². The van der Waals surface area contributed by atoms with Crippen molar-refractivity contribution in [3.05, 3.63) is 89.5 Å². The van der Waals surface area contributed by atoms with E-state index in [-0.39, 0.29) is 5.91 Å². The van der Waals surface area contributed by atoms with Gasteiger partial charge in [-0.05, 0) is 68.1 Å². The van der Waals surface area contributed by atoms with E-state index in [0.717, 1.165) is 47.6 Å². The van der Waals surface area contributed by atoms with Crippen LogP contribution < -0.4 is 4.74 Å². The lowest BCUT2D eigenvalue weighted by atomic mass is 10.1. The van der Waals surface area contributed by atoms with Gasteiger partial charge in [0, 0.05) is 19.8 Å². The number of unbranched alkanes of at least 4 members (excludes halogenated alkanes) is 1. The third kappa shape index (κ3) is 5.40. The number of amides is 1. The second-order valence-electron chi connectivity index (χ2n) is 8.37. The first-order valence-electron chi connectivity index (χ1n) is 11.3. The second kappa shape index (κ2) is 10.3. The van der Waals surface area contributed by atoms with Gasteiger partial charge in [-0.15, -0.1) is 0 Å². The van der Waals surface area contributed by atoms with Crippen LogP contribution in [0.15, 0.2) is 66.9 Å². The Labute approximate surface area is 194 Å². The maximum Gasteiger partial charge on any atom is 0.272 e. The van der Waals surface area contributed by atoms with Crippen LogP contribution in [0.3, 0.4) is 0 Å². The summed E-state index contributed by atoms with van der Waals surface area (Å²) in [5, 5.41) is 0. The summed E-state index contributed by atoms with van der Waals surface area (Å²) in [4.78, 5) is 23.4. The summed E-state index contributed by atoms with van der Waals surface area (Å²) in [5.74, 6) is 1.72. The Morgan fingerprint density at radius 2 is 1.85 bits per heavy atom. The smallest absolute Gasteiger partial charge is 0.272 e. The van der Waals surface area contributed by atoms with Crippen LogP contribution in [0.25, 0.3) is 11.0 Å². The van der Waals surface area contributed by atoms with Crippen LogP contribution in [0.2, 0.25) is 0 Å². The summed E-state index contributed by atoms with van der Waals surface area (Å²) < 4.78 is 8.23. The molecule has 0 unspecified atom stereocenters. The predicted octanol–water partition coefficient (Wildman–Crippen LogP) is 5.18. The van der Waals surface area contributed by atoms with E-state index >= 15 is 0 Å². The quantitative estimate of drug-likeness (QED) is 0.335. The van der Waals surface area contributed by atoms with E-state index in [9.17, 15) is 4.79 Å².